The van der Waals surface area contributed by atoms with Crippen LogP contribution in [-0.2, 0) is 6.42 Å². The number of hydrogen-bond donors (Lipinski definition) is 1. The Kier molecular flexibility index (Phi) is 13.6. The van der Waals surface area contributed by atoms with Crippen molar-refractivity contribution in [2.75, 3.05) is 19.6 Å². The van der Waals surface area contributed by atoms with Gasteiger partial charge in [0.1, 0.15) is 11.6 Å². The first-order valence-electron chi connectivity index (χ1n) is 12.3. The number of aryl methyl sites for hydroxylation is 1. The van der Waals surface area contributed by atoms with E-state index in [9.17, 15) is 8.78 Å². The lowest BCUT2D eigenvalue weighted by Gasteiger charge is -2.35. The number of nitrogens with zero attached hydrogens (tertiary/aromatic N) is 2. The third-order valence-corrected chi connectivity index (χ3v) is 5.69. The smallest absolute Gasteiger partial charge is 0.126 e. The summed E-state index contributed by atoms with van der Waals surface area (Å²) in [7, 11) is 0. The Balaban J connectivity index is 0.000000412. The summed E-state index contributed by atoms with van der Waals surface area (Å²) in [6, 6.07) is 4.16. The largest absolute Gasteiger partial charge is 0.372 e. The topological polar surface area (TPSA) is 27.6 Å². The first-order chi connectivity index (χ1) is 15.8. The second-order valence-corrected chi connectivity index (χ2v) is 8.46. The predicted octanol–water partition coefficient (Wildman–Crippen LogP) is 7.21. The van der Waals surface area contributed by atoms with Crippen molar-refractivity contribution in [3.05, 3.63) is 70.6 Å². The van der Waals surface area contributed by atoms with Crippen molar-refractivity contribution in [3.8, 4) is 0 Å². The van der Waals surface area contributed by atoms with Gasteiger partial charge >= 0.3 is 0 Å². The van der Waals surface area contributed by atoms with Gasteiger partial charge < -0.3 is 10.2 Å². The van der Waals surface area contributed by atoms with E-state index in [0.717, 1.165) is 62.7 Å². The molecular weight excluding hydrogens is 416 g/mol. The number of halogens is 2. The average molecular weight is 460 g/mol. The van der Waals surface area contributed by atoms with Crippen molar-refractivity contribution in [1.82, 2.24) is 10.2 Å². The lowest BCUT2D eigenvalue weighted by Crippen LogP contribution is -2.48. The second-order valence-electron chi connectivity index (χ2n) is 8.46. The molecule has 0 saturated carbocycles. The van der Waals surface area contributed by atoms with E-state index in [1.54, 1.807) is 0 Å². The highest BCUT2D eigenvalue weighted by Crippen LogP contribution is 2.23. The summed E-state index contributed by atoms with van der Waals surface area (Å²) in [5.74, 6) is -0.984. The third kappa shape index (κ3) is 10.0. The monoisotopic (exact) mass is 459 g/mol. The summed E-state index contributed by atoms with van der Waals surface area (Å²) in [6.07, 6.45) is 9.96. The van der Waals surface area contributed by atoms with Crippen LogP contribution in [0.15, 0.2) is 58.4 Å². The number of aliphatic imine (C=N–C) groups is 1. The Morgan fingerprint density at radius 1 is 1.15 bits per heavy atom. The molecule has 1 fully saturated rings. The quantitative estimate of drug-likeness (QED) is 0.328. The molecule has 0 spiro atoms. The van der Waals surface area contributed by atoms with Crippen LogP contribution in [0.5, 0.6) is 0 Å². The molecule has 1 aliphatic heterocycles. The maximum atomic E-state index is 12.5. The molecule has 0 amide bonds. The molecule has 1 heterocycles. The van der Waals surface area contributed by atoms with Gasteiger partial charge in [0.05, 0.1) is 0 Å². The summed E-state index contributed by atoms with van der Waals surface area (Å²) in [4.78, 5) is 7.16. The van der Waals surface area contributed by atoms with Gasteiger partial charge in [0.25, 0.3) is 0 Å². The molecule has 1 N–H and O–H groups in total. The summed E-state index contributed by atoms with van der Waals surface area (Å²) in [5, 5.41) is 3.51. The van der Waals surface area contributed by atoms with Crippen LogP contribution in [0.1, 0.15) is 73.3 Å². The molecule has 1 unspecified atom stereocenters. The maximum absolute atomic E-state index is 12.5. The summed E-state index contributed by atoms with van der Waals surface area (Å²) in [5.41, 5.74) is 5.90. The number of piperazine rings is 1. The van der Waals surface area contributed by atoms with E-state index < -0.39 is 11.6 Å². The Labute approximate surface area is 200 Å². The van der Waals surface area contributed by atoms with Crippen LogP contribution in [0.25, 0.3) is 0 Å². The fourth-order valence-electron chi connectivity index (χ4n) is 4.03. The van der Waals surface area contributed by atoms with Gasteiger partial charge in [0.15, 0.2) is 0 Å². The Morgan fingerprint density at radius 2 is 1.82 bits per heavy atom. The van der Waals surface area contributed by atoms with E-state index in [1.165, 1.54) is 29.0 Å². The van der Waals surface area contributed by atoms with E-state index in [0.29, 0.717) is 6.04 Å². The summed E-state index contributed by atoms with van der Waals surface area (Å²) >= 11 is 0. The van der Waals surface area contributed by atoms with E-state index in [1.807, 2.05) is 13.1 Å². The van der Waals surface area contributed by atoms with Crippen LogP contribution >= 0.6 is 0 Å². The lowest BCUT2D eigenvalue weighted by atomic mass is 9.96. The molecule has 1 saturated heterocycles. The van der Waals surface area contributed by atoms with Crippen molar-refractivity contribution in [2.24, 2.45) is 4.99 Å². The van der Waals surface area contributed by atoms with Gasteiger partial charge in [-0.25, -0.2) is 8.78 Å². The van der Waals surface area contributed by atoms with E-state index in [-0.39, 0.29) is 0 Å². The minimum absolute atomic E-state index is 0.492. The van der Waals surface area contributed by atoms with Crippen molar-refractivity contribution in [1.29, 1.82) is 0 Å². The van der Waals surface area contributed by atoms with Crippen LogP contribution in [0, 0.1) is 11.6 Å². The normalized spacial score (nSPS) is 18.2. The number of benzene rings is 1. The average Bonchev–Trinajstić information content (AvgIpc) is 2.77. The fourth-order valence-corrected chi connectivity index (χ4v) is 4.03. The Hall–Kier alpha value is -2.27. The van der Waals surface area contributed by atoms with Gasteiger partial charge in [-0.2, -0.15) is 0 Å². The van der Waals surface area contributed by atoms with Crippen LogP contribution in [0.3, 0.4) is 0 Å². The molecule has 33 heavy (non-hydrogen) atoms. The highest BCUT2D eigenvalue weighted by atomic mass is 19.1. The van der Waals surface area contributed by atoms with Gasteiger partial charge in [0, 0.05) is 54.9 Å². The number of hydrogen-bond acceptors (Lipinski definition) is 3. The van der Waals surface area contributed by atoms with E-state index in [2.05, 4.69) is 68.9 Å². The maximum Gasteiger partial charge on any atom is 0.126 e. The molecule has 5 heteroatoms. The van der Waals surface area contributed by atoms with Gasteiger partial charge in [-0.1, -0.05) is 39.3 Å². The predicted molar refractivity (Wildman–Crippen MR) is 139 cm³/mol. The van der Waals surface area contributed by atoms with Gasteiger partial charge in [0.2, 0.25) is 0 Å². The zero-order valence-electron chi connectivity index (χ0n) is 21.6. The molecule has 2 rings (SSSR count). The zero-order valence-corrected chi connectivity index (χ0v) is 21.6. The summed E-state index contributed by atoms with van der Waals surface area (Å²) in [6.45, 7) is 18.3. The molecule has 0 bridgehead atoms. The number of nitrogens with one attached hydrogen (secondary N) is 1. The summed E-state index contributed by atoms with van der Waals surface area (Å²) < 4.78 is 25.0. The minimum atomic E-state index is -0.492. The lowest BCUT2D eigenvalue weighted by molar-refractivity contribution is 0.255. The minimum Gasteiger partial charge on any atom is -0.372 e. The number of allylic oxidation sites excluding steroid dienone is 5. The molecule has 1 aromatic rings. The van der Waals surface area contributed by atoms with Crippen molar-refractivity contribution < 1.29 is 8.78 Å². The molecule has 0 aliphatic carbocycles. The van der Waals surface area contributed by atoms with Gasteiger partial charge in [-0.15, -0.1) is 0 Å². The van der Waals surface area contributed by atoms with Gasteiger partial charge in [-0.3, -0.25) is 4.99 Å². The fraction of sp³-hybridized carbons (Fsp3) is 0.536. The van der Waals surface area contributed by atoms with Crippen molar-refractivity contribution in [3.63, 3.8) is 0 Å². The van der Waals surface area contributed by atoms with Crippen LogP contribution < -0.4 is 5.32 Å². The third-order valence-electron chi connectivity index (χ3n) is 5.69. The van der Waals surface area contributed by atoms with Crippen LogP contribution in [0.4, 0.5) is 8.78 Å². The molecule has 0 aromatic heterocycles. The van der Waals surface area contributed by atoms with Crippen molar-refractivity contribution in [2.45, 2.75) is 80.2 Å². The molecule has 3 nitrogen and oxygen atoms in total. The standard InChI is InChI=1S/C19H33N3.C9H10F2/c1-7-10-11-21-16(5)19(18(8-2)9-3)17(6)22-13-12-20-15(4)14-22;1-2-3-7-4-8(10)6-9(11)5-7/h8,10-11,15,20H,7,9,12-14H2,1-6H3;4-6H,2-3H2,1H3/b11-10+,18-8-,19-17-,21-16+;. The van der Waals surface area contributed by atoms with Gasteiger partial charge in [-0.05, 0) is 70.2 Å². The first kappa shape index (κ1) is 28.8. The zero-order chi connectivity index (χ0) is 24.8. The molecular formula is C28H43F2N3. The van der Waals surface area contributed by atoms with Crippen LogP contribution in [-0.4, -0.2) is 36.3 Å². The highest BCUT2D eigenvalue weighted by molar-refractivity contribution is 6.03. The SMILES string of the molecule is CCCc1cc(F)cc(F)c1.C\C=C(CC)/C(C(/C)=N/C=C/CC)=C(/C)N1CCNC(C)C1. The molecule has 0 radical (unpaired) electrons. The van der Waals surface area contributed by atoms with E-state index in [4.69, 9.17) is 0 Å². The molecule has 1 aliphatic rings. The van der Waals surface area contributed by atoms with E-state index >= 15 is 0 Å². The van der Waals surface area contributed by atoms with Crippen LogP contribution in [0.2, 0.25) is 0 Å². The second kappa shape index (κ2) is 15.5. The Bertz CT molecular complexity index is 832. The highest BCUT2D eigenvalue weighted by Gasteiger charge is 2.20. The Morgan fingerprint density at radius 3 is 2.33 bits per heavy atom. The first-order valence-corrected chi connectivity index (χ1v) is 12.3. The molecule has 1 aromatic carbocycles. The van der Waals surface area contributed by atoms with Crippen molar-refractivity contribution >= 4 is 5.71 Å². The molecule has 1 atom stereocenters. The molecule has 184 valence electrons. The number of rotatable bonds is 8.